The summed E-state index contributed by atoms with van der Waals surface area (Å²) >= 11 is 11.9. The summed E-state index contributed by atoms with van der Waals surface area (Å²) in [6.45, 7) is 2.38. The standard InChI is InChI=1S/C18H21Cl2N3O/c1-23(13-14-6-3-2-4-7-14)11-5-10-21-18(24)22-17-12-15(19)8-9-16(17)20/h2-4,6-9,12H,5,10-11,13H2,1H3,(H2,21,22,24). The number of carbonyl (C=O) groups is 1. The monoisotopic (exact) mass is 365 g/mol. The number of amides is 2. The summed E-state index contributed by atoms with van der Waals surface area (Å²) in [7, 11) is 2.07. The van der Waals surface area contributed by atoms with Gasteiger partial charge in [-0.25, -0.2) is 4.79 Å². The molecular formula is C18H21Cl2N3O. The molecule has 0 aliphatic rings. The summed E-state index contributed by atoms with van der Waals surface area (Å²) in [6, 6.07) is 15.0. The molecule has 2 N–H and O–H groups in total. The smallest absolute Gasteiger partial charge is 0.319 e. The summed E-state index contributed by atoms with van der Waals surface area (Å²) in [5, 5.41) is 6.50. The lowest BCUT2D eigenvalue weighted by molar-refractivity contribution is 0.250. The van der Waals surface area contributed by atoms with Gasteiger partial charge < -0.3 is 15.5 Å². The van der Waals surface area contributed by atoms with Crippen LogP contribution in [-0.2, 0) is 6.54 Å². The van der Waals surface area contributed by atoms with Crippen LogP contribution in [0.3, 0.4) is 0 Å². The Morgan fingerprint density at radius 3 is 2.62 bits per heavy atom. The molecule has 2 rings (SSSR count). The molecule has 2 amide bonds. The van der Waals surface area contributed by atoms with Gasteiger partial charge in [0.15, 0.2) is 0 Å². The third kappa shape index (κ3) is 6.40. The highest BCUT2D eigenvalue weighted by atomic mass is 35.5. The van der Waals surface area contributed by atoms with Crippen molar-refractivity contribution < 1.29 is 4.79 Å². The third-order valence-electron chi connectivity index (χ3n) is 3.47. The van der Waals surface area contributed by atoms with Gasteiger partial charge in [0.2, 0.25) is 0 Å². The average molecular weight is 366 g/mol. The van der Waals surface area contributed by atoms with E-state index in [2.05, 4.69) is 34.7 Å². The predicted molar refractivity (Wildman–Crippen MR) is 101 cm³/mol. The van der Waals surface area contributed by atoms with Gasteiger partial charge in [0, 0.05) is 18.1 Å². The van der Waals surface area contributed by atoms with E-state index in [0.717, 1.165) is 19.5 Å². The van der Waals surface area contributed by atoms with Gasteiger partial charge in [-0.3, -0.25) is 0 Å². The Bertz CT molecular complexity index is 665. The maximum Gasteiger partial charge on any atom is 0.319 e. The lowest BCUT2D eigenvalue weighted by atomic mass is 10.2. The van der Waals surface area contributed by atoms with Gasteiger partial charge >= 0.3 is 6.03 Å². The highest BCUT2D eigenvalue weighted by Gasteiger charge is 2.06. The van der Waals surface area contributed by atoms with Crippen LogP contribution in [0.2, 0.25) is 10.0 Å². The minimum Gasteiger partial charge on any atom is -0.338 e. The zero-order valence-corrected chi connectivity index (χ0v) is 15.1. The summed E-state index contributed by atoms with van der Waals surface area (Å²) in [5.41, 5.74) is 1.78. The zero-order chi connectivity index (χ0) is 17.4. The first-order chi connectivity index (χ1) is 11.5. The van der Waals surface area contributed by atoms with Crippen molar-refractivity contribution in [2.45, 2.75) is 13.0 Å². The second-order valence-electron chi connectivity index (χ2n) is 5.58. The molecule has 0 aliphatic carbocycles. The number of halogens is 2. The first-order valence-corrected chi connectivity index (χ1v) is 8.52. The van der Waals surface area contributed by atoms with Crippen molar-refractivity contribution in [3.8, 4) is 0 Å². The predicted octanol–water partition coefficient (Wildman–Crippen LogP) is 4.64. The lowest BCUT2D eigenvalue weighted by Crippen LogP contribution is -2.31. The third-order valence-corrected chi connectivity index (χ3v) is 4.04. The second-order valence-corrected chi connectivity index (χ2v) is 6.43. The van der Waals surface area contributed by atoms with E-state index in [1.807, 2.05) is 18.2 Å². The molecule has 0 unspecified atom stereocenters. The van der Waals surface area contributed by atoms with Crippen molar-refractivity contribution in [3.05, 3.63) is 64.1 Å². The maximum atomic E-state index is 11.9. The minimum absolute atomic E-state index is 0.287. The molecule has 0 saturated carbocycles. The van der Waals surface area contributed by atoms with Crippen LogP contribution in [0.1, 0.15) is 12.0 Å². The van der Waals surface area contributed by atoms with Crippen LogP contribution in [0, 0.1) is 0 Å². The summed E-state index contributed by atoms with van der Waals surface area (Å²) in [6.07, 6.45) is 0.861. The van der Waals surface area contributed by atoms with E-state index < -0.39 is 0 Å². The fourth-order valence-corrected chi connectivity index (χ4v) is 2.62. The molecule has 6 heteroatoms. The molecule has 0 bridgehead atoms. The fraction of sp³-hybridized carbons (Fsp3) is 0.278. The SMILES string of the molecule is CN(CCCNC(=O)Nc1cc(Cl)ccc1Cl)Cc1ccccc1. The zero-order valence-electron chi connectivity index (χ0n) is 13.6. The van der Waals surface area contributed by atoms with E-state index in [-0.39, 0.29) is 6.03 Å². The maximum absolute atomic E-state index is 11.9. The van der Waals surface area contributed by atoms with Crippen LogP contribution in [0.4, 0.5) is 10.5 Å². The number of hydrogen-bond acceptors (Lipinski definition) is 2. The summed E-state index contributed by atoms with van der Waals surface area (Å²) in [5.74, 6) is 0. The Morgan fingerprint density at radius 2 is 1.88 bits per heavy atom. The molecular weight excluding hydrogens is 345 g/mol. The van der Waals surface area contributed by atoms with Gasteiger partial charge in [-0.2, -0.15) is 0 Å². The van der Waals surface area contributed by atoms with Crippen LogP contribution >= 0.6 is 23.2 Å². The van der Waals surface area contributed by atoms with Crippen molar-refractivity contribution in [3.63, 3.8) is 0 Å². The van der Waals surface area contributed by atoms with Crippen LogP contribution < -0.4 is 10.6 Å². The highest BCUT2D eigenvalue weighted by Crippen LogP contribution is 2.25. The van der Waals surface area contributed by atoms with E-state index in [0.29, 0.717) is 22.3 Å². The molecule has 0 fully saturated rings. The molecule has 0 radical (unpaired) electrons. The molecule has 0 aliphatic heterocycles. The van der Waals surface area contributed by atoms with E-state index in [1.165, 1.54) is 5.56 Å². The number of anilines is 1. The summed E-state index contributed by atoms with van der Waals surface area (Å²) in [4.78, 5) is 14.1. The molecule has 0 heterocycles. The average Bonchev–Trinajstić information content (AvgIpc) is 2.56. The fourth-order valence-electron chi connectivity index (χ4n) is 2.28. The number of carbonyl (C=O) groups excluding carboxylic acids is 1. The van der Waals surface area contributed by atoms with E-state index in [1.54, 1.807) is 18.2 Å². The summed E-state index contributed by atoms with van der Waals surface area (Å²) < 4.78 is 0. The molecule has 24 heavy (non-hydrogen) atoms. The van der Waals surface area contributed by atoms with Gasteiger partial charge in [-0.15, -0.1) is 0 Å². The molecule has 4 nitrogen and oxygen atoms in total. The van der Waals surface area contributed by atoms with E-state index in [4.69, 9.17) is 23.2 Å². The molecule has 0 spiro atoms. The molecule has 2 aromatic carbocycles. The number of benzene rings is 2. The van der Waals surface area contributed by atoms with Crippen molar-refractivity contribution in [1.82, 2.24) is 10.2 Å². The van der Waals surface area contributed by atoms with Crippen LogP contribution in [0.5, 0.6) is 0 Å². The molecule has 0 atom stereocenters. The Hall–Kier alpha value is -1.75. The Morgan fingerprint density at radius 1 is 1.12 bits per heavy atom. The van der Waals surface area contributed by atoms with Gasteiger partial charge in [0.05, 0.1) is 10.7 Å². The minimum atomic E-state index is -0.287. The Balaban J connectivity index is 1.66. The lowest BCUT2D eigenvalue weighted by Gasteiger charge is -2.17. The highest BCUT2D eigenvalue weighted by molar-refractivity contribution is 6.35. The van der Waals surface area contributed by atoms with Crippen molar-refractivity contribution >= 4 is 34.9 Å². The van der Waals surface area contributed by atoms with Gasteiger partial charge in [0.25, 0.3) is 0 Å². The van der Waals surface area contributed by atoms with Crippen LogP contribution in [-0.4, -0.2) is 31.1 Å². The van der Waals surface area contributed by atoms with Gasteiger partial charge in [0.1, 0.15) is 0 Å². The number of nitrogens with zero attached hydrogens (tertiary/aromatic N) is 1. The first kappa shape index (κ1) is 18.6. The number of urea groups is 1. The van der Waals surface area contributed by atoms with Gasteiger partial charge in [-0.1, -0.05) is 53.5 Å². The topological polar surface area (TPSA) is 44.4 Å². The Kier molecular flexibility index (Phi) is 7.37. The molecule has 0 aromatic heterocycles. The van der Waals surface area contributed by atoms with E-state index in [9.17, 15) is 4.79 Å². The number of nitrogens with one attached hydrogen (secondary N) is 2. The molecule has 128 valence electrons. The van der Waals surface area contributed by atoms with Crippen molar-refractivity contribution in [2.24, 2.45) is 0 Å². The van der Waals surface area contributed by atoms with Crippen molar-refractivity contribution in [1.29, 1.82) is 0 Å². The number of hydrogen-bond donors (Lipinski definition) is 2. The largest absolute Gasteiger partial charge is 0.338 e. The number of rotatable bonds is 7. The van der Waals surface area contributed by atoms with Crippen LogP contribution in [0.25, 0.3) is 0 Å². The van der Waals surface area contributed by atoms with E-state index >= 15 is 0 Å². The first-order valence-electron chi connectivity index (χ1n) is 7.77. The molecule has 0 saturated heterocycles. The molecule has 2 aromatic rings. The van der Waals surface area contributed by atoms with Crippen LogP contribution in [0.15, 0.2) is 48.5 Å². The van der Waals surface area contributed by atoms with Gasteiger partial charge in [-0.05, 0) is 43.8 Å². The second kappa shape index (κ2) is 9.52. The van der Waals surface area contributed by atoms with Crippen molar-refractivity contribution in [2.75, 3.05) is 25.5 Å². The quantitative estimate of drug-likeness (QED) is 0.702. The Labute approximate surface area is 152 Å². The normalized spacial score (nSPS) is 10.7.